The zero-order valence-electron chi connectivity index (χ0n) is 10.0. The van der Waals surface area contributed by atoms with Crippen LogP contribution in [-0.2, 0) is 4.74 Å². The Bertz CT molecular complexity index is 404. The second-order valence-corrected chi connectivity index (χ2v) is 4.41. The molecule has 0 unspecified atom stereocenters. The first-order valence-electron chi connectivity index (χ1n) is 5.93. The fraction of sp³-hybridized carbons (Fsp3) is 0.417. The van der Waals surface area contributed by atoms with Gasteiger partial charge in [0.05, 0.1) is 12.3 Å². The van der Waals surface area contributed by atoms with Crippen molar-refractivity contribution in [2.75, 3.05) is 13.2 Å². The van der Waals surface area contributed by atoms with E-state index in [1.807, 2.05) is 12.1 Å². The highest BCUT2D eigenvalue weighted by atomic mass is 32.1. The van der Waals surface area contributed by atoms with E-state index in [0.29, 0.717) is 5.11 Å². The molecule has 2 heterocycles. The van der Waals surface area contributed by atoms with Crippen LogP contribution in [0.15, 0.2) is 29.6 Å². The third kappa shape index (κ3) is 4.38. The Labute approximate surface area is 112 Å². The van der Waals surface area contributed by atoms with Crippen molar-refractivity contribution in [2.45, 2.75) is 18.9 Å². The van der Waals surface area contributed by atoms with Crippen LogP contribution in [0.25, 0.3) is 0 Å². The van der Waals surface area contributed by atoms with Gasteiger partial charge in [-0.1, -0.05) is 6.07 Å². The average Bonchev–Trinajstić information content (AvgIpc) is 2.91. The lowest BCUT2D eigenvalue weighted by Gasteiger charge is -2.11. The highest BCUT2D eigenvalue weighted by molar-refractivity contribution is 7.80. The lowest BCUT2D eigenvalue weighted by Crippen LogP contribution is -2.37. The Morgan fingerprint density at radius 3 is 3.33 bits per heavy atom. The van der Waals surface area contributed by atoms with Gasteiger partial charge in [0.1, 0.15) is 0 Å². The minimum atomic E-state index is 0.270. The molecule has 1 aliphatic heterocycles. The van der Waals surface area contributed by atoms with E-state index in [1.54, 1.807) is 18.6 Å². The number of hydrazone groups is 1. The van der Waals surface area contributed by atoms with Gasteiger partial charge in [0.2, 0.25) is 0 Å². The van der Waals surface area contributed by atoms with E-state index in [0.717, 1.165) is 31.6 Å². The molecule has 0 saturated carbocycles. The van der Waals surface area contributed by atoms with Crippen LogP contribution in [-0.4, -0.2) is 35.6 Å². The maximum absolute atomic E-state index is 5.48. The summed E-state index contributed by atoms with van der Waals surface area (Å²) in [6, 6.07) is 3.77. The molecular formula is C12H16N4OS. The van der Waals surface area contributed by atoms with Gasteiger partial charge in [0, 0.05) is 31.1 Å². The van der Waals surface area contributed by atoms with Crippen LogP contribution < -0.4 is 10.7 Å². The molecule has 96 valence electrons. The van der Waals surface area contributed by atoms with Crippen molar-refractivity contribution < 1.29 is 4.74 Å². The van der Waals surface area contributed by atoms with Crippen molar-refractivity contribution in [3.63, 3.8) is 0 Å². The SMILES string of the molecule is S=C(NC[C@H]1CCCO1)N/N=C\c1cccnc1. The van der Waals surface area contributed by atoms with Crippen LogP contribution in [0.5, 0.6) is 0 Å². The predicted molar refractivity (Wildman–Crippen MR) is 74.5 cm³/mol. The Balaban J connectivity index is 1.66. The van der Waals surface area contributed by atoms with Gasteiger partial charge >= 0.3 is 0 Å². The Kier molecular flexibility index (Phi) is 5.04. The zero-order chi connectivity index (χ0) is 12.6. The molecule has 0 bridgehead atoms. The topological polar surface area (TPSA) is 58.5 Å². The van der Waals surface area contributed by atoms with Gasteiger partial charge in [-0.2, -0.15) is 5.10 Å². The highest BCUT2D eigenvalue weighted by Crippen LogP contribution is 2.10. The van der Waals surface area contributed by atoms with Crippen LogP contribution in [0.3, 0.4) is 0 Å². The van der Waals surface area contributed by atoms with E-state index in [1.165, 1.54) is 0 Å². The van der Waals surface area contributed by atoms with Crippen molar-refractivity contribution in [1.29, 1.82) is 0 Å². The number of aromatic nitrogens is 1. The molecule has 1 saturated heterocycles. The molecule has 1 aliphatic rings. The standard InChI is InChI=1S/C12H16N4OS/c18-12(14-9-11-4-2-6-17-11)16-15-8-10-3-1-5-13-7-10/h1,3,5,7-8,11H,2,4,6,9H2,(H2,14,16,18)/b15-8-/t11-/m1/s1. The Morgan fingerprint density at radius 2 is 2.61 bits per heavy atom. The molecule has 1 atom stereocenters. The normalized spacial score (nSPS) is 19.0. The molecule has 0 spiro atoms. The minimum Gasteiger partial charge on any atom is -0.376 e. The number of thiocarbonyl (C=S) groups is 1. The van der Waals surface area contributed by atoms with Crippen LogP contribution in [0, 0.1) is 0 Å². The molecule has 2 rings (SSSR count). The number of pyridine rings is 1. The molecule has 1 aromatic rings. The van der Waals surface area contributed by atoms with E-state index >= 15 is 0 Å². The molecule has 18 heavy (non-hydrogen) atoms. The first-order valence-corrected chi connectivity index (χ1v) is 6.34. The number of hydrogen-bond acceptors (Lipinski definition) is 4. The van der Waals surface area contributed by atoms with E-state index < -0.39 is 0 Å². The van der Waals surface area contributed by atoms with Gasteiger partial charge in [0.25, 0.3) is 0 Å². The summed E-state index contributed by atoms with van der Waals surface area (Å²) in [5.74, 6) is 0. The van der Waals surface area contributed by atoms with Gasteiger partial charge in [-0.3, -0.25) is 10.4 Å². The molecule has 0 radical (unpaired) electrons. The number of hydrogen-bond donors (Lipinski definition) is 2. The van der Waals surface area contributed by atoms with Crippen molar-refractivity contribution in [2.24, 2.45) is 5.10 Å². The maximum Gasteiger partial charge on any atom is 0.187 e. The van der Waals surface area contributed by atoms with Crippen molar-refractivity contribution in [3.8, 4) is 0 Å². The summed E-state index contributed by atoms with van der Waals surface area (Å²) in [5.41, 5.74) is 3.68. The van der Waals surface area contributed by atoms with Crippen LogP contribution in [0.2, 0.25) is 0 Å². The molecular weight excluding hydrogens is 248 g/mol. The fourth-order valence-electron chi connectivity index (χ4n) is 1.67. The lowest BCUT2D eigenvalue weighted by molar-refractivity contribution is 0.114. The van der Waals surface area contributed by atoms with Gasteiger partial charge in [-0.25, -0.2) is 0 Å². The molecule has 2 N–H and O–H groups in total. The summed E-state index contributed by atoms with van der Waals surface area (Å²) in [5, 5.41) is 7.61. The molecule has 5 nitrogen and oxygen atoms in total. The van der Waals surface area contributed by atoms with Crippen LogP contribution in [0.1, 0.15) is 18.4 Å². The van der Waals surface area contributed by atoms with Crippen LogP contribution in [0.4, 0.5) is 0 Å². The van der Waals surface area contributed by atoms with E-state index in [9.17, 15) is 0 Å². The second-order valence-electron chi connectivity index (χ2n) is 4.00. The van der Waals surface area contributed by atoms with Crippen LogP contribution >= 0.6 is 12.2 Å². The monoisotopic (exact) mass is 264 g/mol. The van der Waals surface area contributed by atoms with Gasteiger partial charge in [-0.05, 0) is 31.1 Å². The number of rotatable bonds is 4. The first-order chi connectivity index (χ1) is 8.84. The number of nitrogens with one attached hydrogen (secondary N) is 2. The smallest absolute Gasteiger partial charge is 0.187 e. The molecule has 1 fully saturated rings. The minimum absolute atomic E-state index is 0.270. The summed E-state index contributed by atoms with van der Waals surface area (Å²) >= 11 is 5.10. The van der Waals surface area contributed by atoms with Crippen molar-refractivity contribution >= 4 is 23.5 Å². The summed E-state index contributed by atoms with van der Waals surface area (Å²) in [4.78, 5) is 3.99. The number of ether oxygens (including phenoxy) is 1. The average molecular weight is 264 g/mol. The second kappa shape index (κ2) is 7.03. The van der Waals surface area contributed by atoms with Gasteiger partial charge in [-0.15, -0.1) is 0 Å². The zero-order valence-corrected chi connectivity index (χ0v) is 10.8. The first kappa shape index (κ1) is 12.9. The summed E-state index contributed by atoms with van der Waals surface area (Å²) in [7, 11) is 0. The third-order valence-electron chi connectivity index (χ3n) is 2.58. The Morgan fingerprint density at radius 1 is 1.67 bits per heavy atom. The third-order valence-corrected chi connectivity index (χ3v) is 2.81. The maximum atomic E-state index is 5.48. The van der Waals surface area contributed by atoms with Crippen molar-refractivity contribution in [1.82, 2.24) is 15.7 Å². The van der Waals surface area contributed by atoms with E-state index in [4.69, 9.17) is 17.0 Å². The fourth-order valence-corrected chi connectivity index (χ4v) is 1.81. The quantitative estimate of drug-likeness (QED) is 0.484. The van der Waals surface area contributed by atoms with Gasteiger partial charge in [0.15, 0.2) is 5.11 Å². The highest BCUT2D eigenvalue weighted by Gasteiger charge is 2.14. The number of nitrogens with zero attached hydrogens (tertiary/aromatic N) is 2. The van der Waals surface area contributed by atoms with Gasteiger partial charge < -0.3 is 10.1 Å². The van der Waals surface area contributed by atoms with E-state index in [2.05, 4.69) is 20.8 Å². The molecule has 0 aromatic carbocycles. The summed E-state index contributed by atoms with van der Waals surface area (Å²) in [6.07, 6.45) is 7.62. The lowest BCUT2D eigenvalue weighted by atomic mass is 10.2. The van der Waals surface area contributed by atoms with Crippen molar-refractivity contribution in [3.05, 3.63) is 30.1 Å². The summed E-state index contributed by atoms with van der Waals surface area (Å²) < 4.78 is 5.48. The Hall–Kier alpha value is -1.53. The molecule has 6 heteroatoms. The molecule has 0 aliphatic carbocycles. The summed E-state index contributed by atoms with van der Waals surface area (Å²) in [6.45, 7) is 1.58. The molecule has 1 aromatic heterocycles. The van der Waals surface area contributed by atoms with E-state index in [-0.39, 0.29) is 6.10 Å². The predicted octanol–water partition coefficient (Wildman–Crippen LogP) is 1.06. The largest absolute Gasteiger partial charge is 0.376 e. The molecule has 0 amide bonds.